The number of rotatable bonds is 6. The predicted molar refractivity (Wildman–Crippen MR) is 126 cm³/mol. The summed E-state index contributed by atoms with van der Waals surface area (Å²) in [5.74, 6) is -0.266. The van der Waals surface area contributed by atoms with Gasteiger partial charge in [0.15, 0.2) is 0 Å². The Balaban J connectivity index is 1.37. The molecular formula is C25H27F3N4O2. The number of benzene rings is 2. The van der Waals surface area contributed by atoms with Crippen LogP contribution in [0.5, 0.6) is 5.75 Å². The Bertz CT molecular complexity index is 1160. The topological polar surface area (TPSA) is 66.5 Å². The van der Waals surface area contributed by atoms with Crippen molar-refractivity contribution >= 4 is 28.3 Å². The molecule has 4 rings (SSSR count). The maximum Gasteiger partial charge on any atom is 0.573 e. The second-order valence-corrected chi connectivity index (χ2v) is 8.65. The van der Waals surface area contributed by atoms with E-state index < -0.39 is 18.0 Å². The van der Waals surface area contributed by atoms with E-state index in [1.165, 1.54) is 18.2 Å². The zero-order valence-corrected chi connectivity index (χ0v) is 19.0. The highest BCUT2D eigenvalue weighted by molar-refractivity contribution is 5.97. The normalized spacial score (nSPS) is 18.4. The number of aromatic nitrogens is 1. The lowest BCUT2D eigenvalue weighted by molar-refractivity contribution is -0.274. The van der Waals surface area contributed by atoms with Gasteiger partial charge in [0.2, 0.25) is 0 Å². The third kappa shape index (κ3) is 5.70. The predicted octanol–water partition coefficient (Wildman–Crippen LogP) is 5.35. The first-order valence-corrected chi connectivity index (χ1v) is 11.2. The molecule has 0 radical (unpaired) electrons. The van der Waals surface area contributed by atoms with Crippen LogP contribution in [0.4, 0.5) is 24.7 Å². The number of amides is 1. The van der Waals surface area contributed by atoms with Crippen LogP contribution in [-0.4, -0.2) is 43.4 Å². The summed E-state index contributed by atoms with van der Waals surface area (Å²) in [5, 5.41) is 7.45. The van der Waals surface area contributed by atoms with Crippen LogP contribution in [0, 0.1) is 0 Å². The fourth-order valence-corrected chi connectivity index (χ4v) is 4.32. The second-order valence-electron chi connectivity index (χ2n) is 8.65. The Morgan fingerprint density at radius 1 is 1.00 bits per heavy atom. The van der Waals surface area contributed by atoms with Gasteiger partial charge in [0.05, 0.1) is 11.1 Å². The molecule has 1 amide bonds. The van der Waals surface area contributed by atoms with E-state index in [1.807, 2.05) is 44.4 Å². The van der Waals surface area contributed by atoms with Crippen molar-refractivity contribution in [2.24, 2.45) is 0 Å². The number of anilines is 2. The molecule has 180 valence electrons. The Morgan fingerprint density at radius 3 is 2.35 bits per heavy atom. The van der Waals surface area contributed by atoms with Gasteiger partial charge in [0.25, 0.3) is 5.91 Å². The lowest BCUT2D eigenvalue weighted by atomic mass is 9.91. The molecule has 0 bridgehead atoms. The molecule has 2 N–H and O–H groups in total. The summed E-state index contributed by atoms with van der Waals surface area (Å²) in [5.41, 5.74) is 1.86. The minimum absolute atomic E-state index is 0.119. The van der Waals surface area contributed by atoms with Gasteiger partial charge in [-0.05, 0) is 43.9 Å². The molecule has 34 heavy (non-hydrogen) atoms. The standard InChI is InChI=1S/C25H27F3N4O2/c1-32(2)21-15-23(31-20-9-5-3-7-18(20)21)29-16-11-13-17(14-12-16)30-24(33)19-8-4-6-10-22(19)34-25(26,27)28/h3-10,15-17H,11-14H2,1-2H3,(H,29,31)(H,30,33)/t16-,17+. The molecule has 0 aliphatic heterocycles. The van der Waals surface area contributed by atoms with E-state index in [9.17, 15) is 18.0 Å². The van der Waals surface area contributed by atoms with Crippen LogP contribution >= 0.6 is 0 Å². The molecule has 1 aliphatic rings. The van der Waals surface area contributed by atoms with E-state index in [1.54, 1.807) is 0 Å². The number of pyridine rings is 1. The van der Waals surface area contributed by atoms with E-state index in [0.717, 1.165) is 41.3 Å². The monoisotopic (exact) mass is 472 g/mol. The number of hydrogen-bond acceptors (Lipinski definition) is 5. The Kier molecular flexibility index (Phi) is 6.81. The molecular weight excluding hydrogens is 445 g/mol. The van der Waals surface area contributed by atoms with Crippen molar-refractivity contribution in [3.8, 4) is 5.75 Å². The van der Waals surface area contributed by atoms with E-state index in [-0.39, 0.29) is 17.6 Å². The molecule has 0 saturated heterocycles. The molecule has 0 unspecified atom stereocenters. The fourth-order valence-electron chi connectivity index (χ4n) is 4.32. The Morgan fingerprint density at radius 2 is 1.65 bits per heavy atom. The van der Waals surface area contributed by atoms with Gasteiger partial charge < -0.3 is 20.3 Å². The van der Waals surface area contributed by atoms with E-state index in [4.69, 9.17) is 4.98 Å². The molecule has 1 aliphatic carbocycles. The molecule has 2 aromatic carbocycles. The molecule has 6 nitrogen and oxygen atoms in total. The van der Waals surface area contributed by atoms with Gasteiger partial charge in [-0.1, -0.05) is 30.3 Å². The number of fused-ring (bicyclic) bond motifs is 1. The minimum atomic E-state index is -4.86. The van der Waals surface area contributed by atoms with Crippen molar-refractivity contribution < 1.29 is 22.7 Å². The number of nitrogens with one attached hydrogen (secondary N) is 2. The molecule has 1 aromatic heterocycles. The highest BCUT2D eigenvalue weighted by Crippen LogP contribution is 2.30. The van der Waals surface area contributed by atoms with Gasteiger partial charge in [0, 0.05) is 43.3 Å². The van der Waals surface area contributed by atoms with Crippen molar-refractivity contribution in [2.45, 2.75) is 44.1 Å². The number of ether oxygens (including phenoxy) is 1. The summed E-state index contributed by atoms with van der Waals surface area (Å²) in [6, 6.07) is 15.5. The number of halogens is 3. The molecule has 1 heterocycles. The lowest BCUT2D eigenvalue weighted by Gasteiger charge is -2.30. The number of alkyl halides is 3. The maximum absolute atomic E-state index is 12.7. The molecule has 1 fully saturated rings. The zero-order valence-electron chi connectivity index (χ0n) is 19.0. The third-order valence-electron chi connectivity index (χ3n) is 5.95. The van der Waals surface area contributed by atoms with Gasteiger partial charge in [-0.3, -0.25) is 4.79 Å². The van der Waals surface area contributed by atoms with Crippen LogP contribution in [-0.2, 0) is 0 Å². The highest BCUT2D eigenvalue weighted by Gasteiger charge is 2.33. The lowest BCUT2D eigenvalue weighted by Crippen LogP contribution is -2.40. The van der Waals surface area contributed by atoms with Crippen molar-refractivity contribution in [2.75, 3.05) is 24.3 Å². The van der Waals surface area contributed by atoms with Gasteiger partial charge in [0.1, 0.15) is 11.6 Å². The summed E-state index contributed by atoms with van der Waals surface area (Å²) < 4.78 is 42.0. The smallest absolute Gasteiger partial charge is 0.405 e. The Labute approximate surface area is 196 Å². The van der Waals surface area contributed by atoms with Crippen LogP contribution in [0.15, 0.2) is 54.6 Å². The van der Waals surface area contributed by atoms with Crippen LogP contribution in [0.1, 0.15) is 36.0 Å². The van der Waals surface area contributed by atoms with E-state index in [0.29, 0.717) is 12.8 Å². The fraction of sp³-hybridized carbons (Fsp3) is 0.360. The quantitative estimate of drug-likeness (QED) is 0.506. The zero-order chi connectivity index (χ0) is 24.3. The van der Waals surface area contributed by atoms with E-state index in [2.05, 4.69) is 20.3 Å². The number of nitrogens with zero attached hydrogens (tertiary/aromatic N) is 2. The first-order valence-electron chi connectivity index (χ1n) is 11.2. The minimum Gasteiger partial charge on any atom is -0.405 e. The first-order chi connectivity index (χ1) is 16.2. The van der Waals surface area contributed by atoms with Crippen LogP contribution in [0.25, 0.3) is 10.9 Å². The van der Waals surface area contributed by atoms with E-state index >= 15 is 0 Å². The maximum atomic E-state index is 12.7. The second kappa shape index (κ2) is 9.79. The number of carbonyl (C=O) groups is 1. The van der Waals surface area contributed by atoms with Gasteiger partial charge in [-0.25, -0.2) is 4.98 Å². The van der Waals surface area contributed by atoms with Crippen molar-refractivity contribution in [3.05, 3.63) is 60.2 Å². The van der Waals surface area contributed by atoms with Crippen molar-refractivity contribution in [1.82, 2.24) is 10.3 Å². The number of carbonyl (C=O) groups excluding carboxylic acids is 1. The number of para-hydroxylation sites is 2. The van der Waals surface area contributed by atoms with Crippen LogP contribution < -0.4 is 20.3 Å². The van der Waals surface area contributed by atoms with Gasteiger partial charge in [-0.2, -0.15) is 0 Å². The molecule has 1 saturated carbocycles. The van der Waals surface area contributed by atoms with Gasteiger partial charge >= 0.3 is 6.36 Å². The average molecular weight is 473 g/mol. The largest absolute Gasteiger partial charge is 0.573 e. The SMILES string of the molecule is CN(C)c1cc(N[C@H]2CC[C@@H](NC(=O)c3ccccc3OC(F)(F)F)CC2)nc2ccccc12. The summed E-state index contributed by atoms with van der Waals surface area (Å²) in [7, 11) is 3.99. The molecule has 0 atom stereocenters. The Hall–Kier alpha value is -3.49. The highest BCUT2D eigenvalue weighted by atomic mass is 19.4. The van der Waals surface area contributed by atoms with Crippen molar-refractivity contribution in [1.29, 1.82) is 0 Å². The summed E-state index contributed by atoms with van der Waals surface area (Å²) in [6.45, 7) is 0. The summed E-state index contributed by atoms with van der Waals surface area (Å²) in [6.07, 6.45) is -1.84. The molecule has 3 aromatic rings. The van der Waals surface area contributed by atoms with Crippen LogP contribution in [0.2, 0.25) is 0 Å². The third-order valence-corrected chi connectivity index (χ3v) is 5.95. The first kappa shape index (κ1) is 23.7. The van der Waals surface area contributed by atoms with Gasteiger partial charge in [-0.15, -0.1) is 13.2 Å². The molecule has 9 heteroatoms. The van der Waals surface area contributed by atoms with Crippen molar-refractivity contribution in [3.63, 3.8) is 0 Å². The summed E-state index contributed by atoms with van der Waals surface area (Å²) in [4.78, 5) is 19.4. The van der Waals surface area contributed by atoms with Crippen LogP contribution in [0.3, 0.4) is 0 Å². The summed E-state index contributed by atoms with van der Waals surface area (Å²) >= 11 is 0. The average Bonchev–Trinajstić information content (AvgIpc) is 2.79. The number of hydrogen-bond donors (Lipinski definition) is 2. The molecule has 0 spiro atoms.